The molecule has 0 aliphatic heterocycles. The Morgan fingerprint density at radius 1 is 1.14 bits per heavy atom. The Morgan fingerprint density at radius 3 is 2.27 bits per heavy atom. The lowest BCUT2D eigenvalue weighted by Crippen LogP contribution is -2.21. The van der Waals surface area contributed by atoms with Gasteiger partial charge in [0.2, 0.25) is 0 Å². The molecule has 22 heavy (non-hydrogen) atoms. The molecule has 0 unspecified atom stereocenters. The van der Waals surface area contributed by atoms with Crippen molar-refractivity contribution < 1.29 is 28.2 Å². The maximum atomic E-state index is 13.8. The molecule has 1 N–H and O–H groups in total. The van der Waals surface area contributed by atoms with Crippen molar-refractivity contribution in [2.75, 3.05) is 0 Å². The van der Waals surface area contributed by atoms with Gasteiger partial charge in [0.15, 0.2) is 0 Å². The number of carbonyl (C=O) groups is 2. The van der Waals surface area contributed by atoms with Crippen LogP contribution in [0.5, 0.6) is 0 Å². The molecule has 1 aromatic carbocycles. The van der Waals surface area contributed by atoms with E-state index >= 15 is 0 Å². The molecule has 0 bridgehead atoms. The number of hydrogen-bond donors (Lipinski definition) is 1. The van der Waals surface area contributed by atoms with Crippen LogP contribution < -0.4 is 0 Å². The highest BCUT2D eigenvalue weighted by atomic mass is 19.1. The molecule has 0 radical (unpaired) electrons. The Hall–Kier alpha value is -2.24. The molecule has 0 spiro atoms. The molecular weight excluding hydrogens is 294 g/mol. The van der Waals surface area contributed by atoms with Gasteiger partial charge in [0.05, 0.1) is 5.56 Å². The van der Waals surface area contributed by atoms with E-state index < -0.39 is 29.1 Å². The second-order valence-electron chi connectivity index (χ2n) is 5.19. The summed E-state index contributed by atoms with van der Waals surface area (Å²) in [7, 11) is 0. The van der Waals surface area contributed by atoms with Crippen LogP contribution in [0, 0.1) is 11.6 Å². The highest BCUT2D eigenvalue weighted by Crippen LogP contribution is 2.23. The first-order valence-corrected chi connectivity index (χ1v) is 7.08. The Bertz CT molecular complexity index is 581. The maximum absolute atomic E-state index is 13.8. The molecule has 1 saturated carbocycles. The largest absolute Gasteiger partial charge is 0.478 e. The topological polar surface area (TPSA) is 63.6 Å². The smallest absolute Gasteiger partial charge is 0.338 e. The fourth-order valence-electron chi connectivity index (χ4n) is 2.42. The Balaban J connectivity index is 2.14. The molecule has 1 fully saturated rings. The lowest BCUT2D eigenvalue weighted by atomic mass is 9.98. The van der Waals surface area contributed by atoms with Crippen LogP contribution in [0.25, 0.3) is 6.08 Å². The minimum absolute atomic E-state index is 0.209. The number of rotatable bonds is 4. The minimum Gasteiger partial charge on any atom is -0.478 e. The summed E-state index contributed by atoms with van der Waals surface area (Å²) < 4.78 is 32.9. The van der Waals surface area contributed by atoms with E-state index in [1.807, 2.05) is 0 Å². The van der Waals surface area contributed by atoms with Crippen molar-refractivity contribution in [1.29, 1.82) is 0 Å². The van der Waals surface area contributed by atoms with E-state index in [0.717, 1.165) is 50.3 Å². The summed E-state index contributed by atoms with van der Waals surface area (Å²) in [6, 6.07) is 1.71. The maximum Gasteiger partial charge on any atom is 0.338 e. The number of carboxylic acid groups (broad SMARTS) is 1. The molecule has 118 valence electrons. The van der Waals surface area contributed by atoms with Crippen molar-refractivity contribution in [3.8, 4) is 0 Å². The van der Waals surface area contributed by atoms with Crippen LogP contribution in [0.15, 0.2) is 18.2 Å². The average Bonchev–Trinajstić information content (AvgIpc) is 2.47. The van der Waals surface area contributed by atoms with Gasteiger partial charge in [-0.05, 0) is 43.9 Å². The molecule has 1 aliphatic rings. The quantitative estimate of drug-likeness (QED) is 0.682. The number of ether oxygens (including phenoxy) is 1. The molecule has 6 heteroatoms. The second-order valence-corrected chi connectivity index (χ2v) is 5.19. The number of benzene rings is 1. The number of carboxylic acids is 1. The van der Waals surface area contributed by atoms with E-state index in [1.54, 1.807) is 0 Å². The van der Waals surface area contributed by atoms with Crippen molar-refractivity contribution in [2.45, 2.75) is 38.2 Å². The van der Waals surface area contributed by atoms with Crippen LogP contribution in [-0.2, 0) is 9.53 Å². The van der Waals surface area contributed by atoms with Gasteiger partial charge in [-0.25, -0.2) is 18.4 Å². The monoisotopic (exact) mass is 310 g/mol. The molecule has 0 amide bonds. The summed E-state index contributed by atoms with van der Waals surface area (Å²) in [4.78, 5) is 22.3. The lowest BCUT2D eigenvalue weighted by Gasteiger charge is -2.21. The van der Waals surface area contributed by atoms with Gasteiger partial charge in [-0.3, -0.25) is 0 Å². The van der Waals surface area contributed by atoms with Gasteiger partial charge in [0.1, 0.15) is 17.7 Å². The van der Waals surface area contributed by atoms with Gasteiger partial charge < -0.3 is 9.84 Å². The zero-order valence-electron chi connectivity index (χ0n) is 11.9. The van der Waals surface area contributed by atoms with Crippen molar-refractivity contribution >= 4 is 18.0 Å². The van der Waals surface area contributed by atoms with Gasteiger partial charge >= 0.3 is 11.9 Å². The Labute approximate surface area is 126 Å². The number of hydrogen-bond acceptors (Lipinski definition) is 3. The Kier molecular flexibility index (Phi) is 5.25. The van der Waals surface area contributed by atoms with Crippen LogP contribution in [0.1, 0.15) is 48.0 Å². The van der Waals surface area contributed by atoms with Crippen LogP contribution in [0.2, 0.25) is 0 Å². The second kappa shape index (κ2) is 7.15. The lowest BCUT2D eigenvalue weighted by molar-refractivity contribution is -0.131. The minimum atomic E-state index is -1.32. The zero-order valence-corrected chi connectivity index (χ0v) is 11.9. The van der Waals surface area contributed by atoms with Crippen molar-refractivity contribution in [3.63, 3.8) is 0 Å². The molecule has 1 aromatic rings. The fraction of sp³-hybridized carbons (Fsp3) is 0.375. The summed E-state index contributed by atoms with van der Waals surface area (Å²) in [5.74, 6) is -4.10. The van der Waals surface area contributed by atoms with E-state index in [1.165, 1.54) is 0 Å². The van der Waals surface area contributed by atoms with E-state index in [9.17, 15) is 18.4 Å². The van der Waals surface area contributed by atoms with Gasteiger partial charge in [0.25, 0.3) is 0 Å². The van der Waals surface area contributed by atoms with Crippen LogP contribution in [0.3, 0.4) is 0 Å². The molecular formula is C16H16F2O4. The first-order chi connectivity index (χ1) is 10.5. The van der Waals surface area contributed by atoms with Crippen LogP contribution >= 0.6 is 0 Å². The number of aliphatic carboxylic acids is 1. The highest BCUT2D eigenvalue weighted by molar-refractivity contribution is 5.90. The first-order valence-electron chi connectivity index (χ1n) is 7.08. The number of esters is 1. The van der Waals surface area contributed by atoms with Gasteiger partial charge in [-0.15, -0.1) is 0 Å². The summed E-state index contributed by atoms with van der Waals surface area (Å²) in [5.41, 5.74) is -0.718. The van der Waals surface area contributed by atoms with E-state index in [-0.39, 0.29) is 11.7 Å². The van der Waals surface area contributed by atoms with Crippen LogP contribution in [-0.4, -0.2) is 23.1 Å². The Morgan fingerprint density at radius 2 is 1.73 bits per heavy atom. The van der Waals surface area contributed by atoms with E-state index in [0.29, 0.717) is 6.08 Å². The third-order valence-electron chi connectivity index (χ3n) is 3.53. The third kappa shape index (κ3) is 4.13. The van der Waals surface area contributed by atoms with Crippen molar-refractivity contribution in [2.24, 2.45) is 0 Å². The predicted octanol–water partition coefficient (Wildman–Crippen LogP) is 3.55. The number of halogens is 2. The summed E-state index contributed by atoms with van der Waals surface area (Å²) in [6.45, 7) is 0. The molecule has 1 aliphatic carbocycles. The summed E-state index contributed by atoms with van der Waals surface area (Å²) in [6.07, 6.45) is 5.79. The molecule has 0 heterocycles. The molecule has 2 rings (SSSR count). The standard InChI is InChI=1S/C16H16F2O4/c17-13-8-10(9-14(18)12(13)6-7-15(19)20)16(21)22-11-4-2-1-3-5-11/h6-9,11H,1-5H2,(H,19,20)/b7-6+. The molecule has 4 nitrogen and oxygen atoms in total. The highest BCUT2D eigenvalue weighted by Gasteiger charge is 2.20. The molecule has 0 atom stereocenters. The van der Waals surface area contributed by atoms with Gasteiger partial charge in [-0.2, -0.15) is 0 Å². The normalized spacial score (nSPS) is 15.9. The summed E-state index contributed by atoms with van der Waals surface area (Å²) in [5, 5.41) is 8.48. The zero-order chi connectivity index (χ0) is 16.1. The number of carbonyl (C=O) groups excluding carboxylic acids is 1. The van der Waals surface area contributed by atoms with E-state index in [4.69, 9.17) is 9.84 Å². The van der Waals surface area contributed by atoms with Gasteiger partial charge in [0, 0.05) is 11.6 Å². The van der Waals surface area contributed by atoms with Crippen LogP contribution in [0.4, 0.5) is 8.78 Å². The predicted molar refractivity (Wildman–Crippen MR) is 75.3 cm³/mol. The van der Waals surface area contributed by atoms with Crippen molar-refractivity contribution in [1.82, 2.24) is 0 Å². The van der Waals surface area contributed by atoms with Crippen molar-refractivity contribution in [3.05, 3.63) is 41.0 Å². The van der Waals surface area contributed by atoms with Gasteiger partial charge in [-0.1, -0.05) is 6.42 Å². The summed E-state index contributed by atoms with van der Waals surface area (Å²) >= 11 is 0. The SMILES string of the molecule is O=C(O)/C=C/c1c(F)cc(C(=O)OC2CCCCC2)cc1F. The van der Waals surface area contributed by atoms with E-state index in [2.05, 4.69) is 0 Å². The third-order valence-corrected chi connectivity index (χ3v) is 3.53. The first kappa shape index (κ1) is 16.1. The molecule has 0 saturated heterocycles. The fourth-order valence-corrected chi connectivity index (χ4v) is 2.42. The average molecular weight is 310 g/mol. The molecule has 0 aromatic heterocycles.